The molecule has 0 radical (unpaired) electrons. The number of methoxy groups -OCH3 is 1. The van der Waals surface area contributed by atoms with Gasteiger partial charge in [-0.15, -0.1) is 0 Å². The number of ketones is 2. The number of aliphatic carboxylic acids is 1. The van der Waals surface area contributed by atoms with Crippen LogP contribution >= 0.6 is 0 Å². The van der Waals surface area contributed by atoms with Gasteiger partial charge in [-0.1, -0.05) is 212 Å². The molecule has 12 nitrogen and oxygen atoms in total. The molecule has 2 aliphatic carbocycles. The number of carbonyl (C=O) groups excluding carboxylic acids is 4. The molecule has 82 heavy (non-hydrogen) atoms. The molecule has 12 heteroatoms. The number of nitrogens with one attached hydrogen (secondary N) is 1. The van der Waals surface area contributed by atoms with Gasteiger partial charge in [0.15, 0.2) is 0 Å². The lowest BCUT2D eigenvalue weighted by Crippen LogP contribution is -2.30. The second-order valence-electron chi connectivity index (χ2n) is 24.4. The van der Waals surface area contributed by atoms with Crippen LogP contribution in [0.3, 0.4) is 0 Å². The van der Waals surface area contributed by atoms with Crippen molar-refractivity contribution in [1.82, 2.24) is 5.32 Å². The number of amides is 1. The average Bonchev–Trinajstić information content (AvgIpc) is 4.35. The summed E-state index contributed by atoms with van der Waals surface area (Å²) in [5.41, 5.74) is 11.9. The van der Waals surface area contributed by atoms with E-state index in [-0.39, 0.29) is 47.2 Å². The first-order chi connectivity index (χ1) is 39.4. The van der Waals surface area contributed by atoms with Gasteiger partial charge in [0.1, 0.15) is 0 Å². The summed E-state index contributed by atoms with van der Waals surface area (Å²) in [5.74, 6) is -1.56. The Morgan fingerprint density at radius 1 is 0.488 bits per heavy atom. The van der Waals surface area contributed by atoms with Gasteiger partial charge in [0.05, 0.1) is 42.4 Å². The minimum atomic E-state index is -0.970. The maximum Gasteiger partial charge on any atom is 0.337 e. The first kappa shape index (κ1) is 58.7. The van der Waals surface area contributed by atoms with Crippen molar-refractivity contribution in [2.45, 2.75) is 159 Å². The molecule has 0 aromatic heterocycles. The van der Waals surface area contributed by atoms with Gasteiger partial charge < -0.3 is 24.8 Å². The van der Waals surface area contributed by atoms with Crippen molar-refractivity contribution in [1.29, 1.82) is 0 Å². The Kier molecular flexibility index (Phi) is 18.5. The average molecular weight is 1100 g/mol. The van der Waals surface area contributed by atoms with Crippen molar-refractivity contribution >= 4 is 40.8 Å². The van der Waals surface area contributed by atoms with Gasteiger partial charge in [0.25, 0.3) is 5.91 Å². The van der Waals surface area contributed by atoms with Gasteiger partial charge in [-0.25, -0.2) is 4.79 Å². The van der Waals surface area contributed by atoms with E-state index in [4.69, 9.17) is 19.5 Å². The zero-order chi connectivity index (χ0) is 58.1. The first-order valence-electron chi connectivity index (χ1n) is 29.1. The SMILES string of the molecule is CC(C)(C)c1ccc(C(=O)C2ON=C(c3ccc(C(=O)NCCC(=O)O)cc3)C2c2ccc(C3CCCCC3)cc2)cc1.COC(=O)c1ccc(C2=NOC(C(=O)c3ccc(C(C)(C)C)cc3)C2c2ccc(C3CCCCC3)cc2)cc1. The molecule has 1 amide bonds. The monoisotopic (exact) mass is 1100 g/mol. The van der Waals surface area contributed by atoms with Crippen LogP contribution in [0.5, 0.6) is 0 Å². The molecule has 0 spiro atoms. The highest BCUT2D eigenvalue weighted by Gasteiger charge is 2.43. The van der Waals surface area contributed by atoms with Gasteiger partial charge in [-0.3, -0.25) is 19.2 Å². The number of Topliss-reactive ketones (excluding diaryl/α,β-unsaturated/α-hetero) is 2. The number of carboxylic acid groups (broad SMARTS) is 1. The zero-order valence-electron chi connectivity index (χ0n) is 48.4. The molecule has 10 rings (SSSR count). The molecule has 4 unspecified atom stereocenters. The summed E-state index contributed by atoms with van der Waals surface area (Å²) in [7, 11) is 1.36. The molecule has 2 N–H and O–H groups in total. The summed E-state index contributed by atoms with van der Waals surface area (Å²) in [4.78, 5) is 74.7. The number of rotatable bonds is 15. The van der Waals surface area contributed by atoms with E-state index in [9.17, 15) is 24.0 Å². The van der Waals surface area contributed by atoms with Gasteiger partial charge >= 0.3 is 11.9 Å². The number of nitrogens with zero attached hydrogens (tertiary/aromatic N) is 2. The highest BCUT2D eigenvalue weighted by Crippen LogP contribution is 2.40. The van der Waals surface area contributed by atoms with Crippen LogP contribution in [0.15, 0.2) is 156 Å². The summed E-state index contributed by atoms with van der Waals surface area (Å²) < 4.78 is 4.84. The molecular formula is C70H77N3O9. The van der Waals surface area contributed by atoms with Crippen LogP contribution in [-0.2, 0) is 30.0 Å². The molecule has 0 saturated heterocycles. The molecule has 4 aliphatic rings. The number of esters is 1. The Labute approximate surface area is 482 Å². The fourth-order valence-corrected chi connectivity index (χ4v) is 11.8. The standard InChI is InChI=1S/C36H40N2O5.C34H37NO4/c1-36(2,3)29-19-17-27(18-20-29)33(41)34-31(25-11-9-24(10-12-25)23-7-5-4-6-8-23)32(38-43-34)26-13-15-28(16-14-26)35(42)37-22-21-30(39)40;1-34(2,3)28-20-18-26(19-21-28)31(36)32-29(24-12-10-23(11-13-24)22-8-6-5-7-9-22)30(35-39-32)25-14-16-27(17-15-25)33(37)38-4/h9-20,23,31,34H,4-8,21-22H2,1-3H3,(H,37,42)(H,39,40);10-22,29,32H,5-9H2,1-4H3. The Balaban J connectivity index is 0.000000198. The predicted molar refractivity (Wildman–Crippen MR) is 321 cm³/mol. The lowest BCUT2D eigenvalue weighted by Gasteiger charge is -2.23. The number of benzene rings is 6. The van der Waals surface area contributed by atoms with E-state index in [1.54, 1.807) is 36.4 Å². The van der Waals surface area contributed by atoms with Crippen LogP contribution in [0, 0.1) is 0 Å². The highest BCUT2D eigenvalue weighted by atomic mass is 16.7. The highest BCUT2D eigenvalue weighted by molar-refractivity contribution is 6.13. The maximum atomic E-state index is 13.9. The predicted octanol–water partition coefficient (Wildman–Crippen LogP) is 14.6. The summed E-state index contributed by atoms with van der Waals surface area (Å²) >= 11 is 0. The fourth-order valence-electron chi connectivity index (χ4n) is 11.8. The molecule has 2 fully saturated rings. The minimum Gasteiger partial charge on any atom is -0.481 e. The molecule has 6 aromatic carbocycles. The molecule has 6 aromatic rings. The molecular weight excluding hydrogens is 1030 g/mol. The second kappa shape index (κ2) is 25.9. The molecule has 4 atom stereocenters. The third-order valence-electron chi connectivity index (χ3n) is 16.7. The number of carboxylic acids is 1. The first-order valence-corrected chi connectivity index (χ1v) is 29.1. The van der Waals surface area contributed by atoms with Crippen molar-refractivity contribution in [3.8, 4) is 0 Å². The van der Waals surface area contributed by atoms with Crippen molar-refractivity contribution < 1.29 is 43.5 Å². The molecule has 2 heterocycles. The quantitative estimate of drug-likeness (QED) is 0.0750. The topological polar surface area (TPSA) is 170 Å². The lowest BCUT2D eigenvalue weighted by molar-refractivity contribution is -0.136. The van der Waals surface area contributed by atoms with E-state index < -0.39 is 30.1 Å². The van der Waals surface area contributed by atoms with Gasteiger partial charge in [-0.05, 0) is 106 Å². The van der Waals surface area contributed by atoms with E-state index in [1.165, 1.54) is 88.0 Å². The molecule has 0 bridgehead atoms. The van der Waals surface area contributed by atoms with E-state index in [0.29, 0.717) is 45.5 Å². The van der Waals surface area contributed by atoms with E-state index in [0.717, 1.165) is 27.8 Å². The normalized spacial score (nSPS) is 19.3. The summed E-state index contributed by atoms with van der Waals surface area (Å²) in [6.07, 6.45) is 10.9. The van der Waals surface area contributed by atoms with Crippen molar-refractivity contribution in [3.63, 3.8) is 0 Å². The van der Waals surface area contributed by atoms with Crippen LogP contribution < -0.4 is 5.32 Å². The lowest BCUT2D eigenvalue weighted by atomic mass is 9.80. The third kappa shape index (κ3) is 13.8. The molecule has 2 aliphatic heterocycles. The minimum absolute atomic E-state index is 0.000687. The van der Waals surface area contributed by atoms with Gasteiger partial charge in [0, 0.05) is 34.4 Å². The van der Waals surface area contributed by atoms with Crippen molar-refractivity contribution in [2.24, 2.45) is 10.3 Å². The Morgan fingerprint density at radius 2 is 0.841 bits per heavy atom. The van der Waals surface area contributed by atoms with Gasteiger partial charge in [0.2, 0.25) is 23.8 Å². The Morgan fingerprint density at radius 3 is 1.20 bits per heavy atom. The second-order valence-corrected chi connectivity index (χ2v) is 24.4. The van der Waals surface area contributed by atoms with E-state index >= 15 is 0 Å². The molecule has 2 saturated carbocycles. The van der Waals surface area contributed by atoms with Crippen molar-refractivity contribution in [2.75, 3.05) is 13.7 Å². The molecule has 426 valence electrons. The fraction of sp³-hybridized carbons (Fsp3) is 0.386. The van der Waals surface area contributed by atoms with Crippen LogP contribution in [0.25, 0.3) is 0 Å². The summed E-state index contributed by atoms with van der Waals surface area (Å²) in [6.45, 7) is 12.9. The number of ether oxygens (including phenoxy) is 1. The summed E-state index contributed by atoms with van der Waals surface area (Å²) in [6, 6.07) is 46.8. The van der Waals surface area contributed by atoms with Crippen LogP contribution in [0.1, 0.15) is 222 Å². The van der Waals surface area contributed by atoms with Crippen LogP contribution in [0.2, 0.25) is 0 Å². The van der Waals surface area contributed by atoms with Gasteiger partial charge in [-0.2, -0.15) is 0 Å². The summed E-state index contributed by atoms with van der Waals surface area (Å²) in [5, 5.41) is 20.3. The van der Waals surface area contributed by atoms with Crippen LogP contribution in [0.4, 0.5) is 0 Å². The Hall–Kier alpha value is -7.99. The number of hydrogen-bond acceptors (Lipinski definition) is 10. The van der Waals surface area contributed by atoms with E-state index in [2.05, 4.69) is 106 Å². The van der Waals surface area contributed by atoms with Crippen molar-refractivity contribution in [3.05, 3.63) is 212 Å². The number of carbonyl (C=O) groups is 5. The smallest absolute Gasteiger partial charge is 0.337 e. The Bertz CT molecular complexity index is 3270. The largest absolute Gasteiger partial charge is 0.481 e. The number of hydrogen-bond donors (Lipinski definition) is 2. The zero-order valence-corrected chi connectivity index (χ0v) is 48.4. The third-order valence-corrected chi connectivity index (χ3v) is 16.7. The maximum absolute atomic E-state index is 13.9. The van der Waals surface area contributed by atoms with Crippen LogP contribution in [-0.4, -0.2) is 71.8 Å². The number of oxime groups is 2. The van der Waals surface area contributed by atoms with E-state index in [1.807, 2.05) is 60.7 Å².